The van der Waals surface area contributed by atoms with Gasteiger partial charge < -0.3 is 4.98 Å². The molecule has 0 spiro atoms. The molecular formula is C20H24N4O5S. The number of imidazole rings is 1. The Hall–Kier alpha value is -3.01. The van der Waals surface area contributed by atoms with E-state index in [4.69, 9.17) is 0 Å². The number of sulfone groups is 1. The van der Waals surface area contributed by atoms with Crippen LogP contribution in [0, 0.1) is 6.92 Å². The van der Waals surface area contributed by atoms with E-state index in [2.05, 4.69) is 9.97 Å². The summed E-state index contributed by atoms with van der Waals surface area (Å²) >= 11 is 0. The van der Waals surface area contributed by atoms with Crippen molar-refractivity contribution in [1.29, 1.82) is 0 Å². The van der Waals surface area contributed by atoms with Crippen molar-refractivity contribution in [2.75, 3.05) is 5.75 Å². The molecule has 0 aliphatic rings. The van der Waals surface area contributed by atoms with E-state index in [1.165, 1.54) is 4.57 Å². The summed E-state index contributed by atoms with van der Waals surface area (Å²) < 4.78 is 28.0. The molecule has 0 atom stereocenters. The zero-order valence-electron chi connectivity index (χ0n) is 17.1. The number of hydrogen-bond acceptors (Lipinski definition) is 6. The number of aromatic amines is 1. The van der Waals surface area contributed by atoms with Crippen LogP contribution in [0.5, 0.6) is 0 Å². The van der Waals surface area contributed by atoms with Gasteiger partial charge in [-0.2, -0.15) is 4.98 Å². The number of nitrogens with one attached hydrogen (secondary N) is 1. The van der Waals surface area contributed by atoms with Crippen LogP contribution < -0.4 is 11.2 Å². The second-order valence-corrected chi connectivity index (χ2v) is 9.08. The molecule has 3 rings (SSSR count). The maximum Gasteiger partial charge on any atom is 0.332 e. The van der Waals surface area contributed by atoms with Gasteiger partial charge in [-0.05, 0) is 19.8 Å². The summed E-state index contributed by atoms with van der Waals surface area (Å²) in [5.41, 5.74) is 0.00115. The van der Waals surface area contributed by atoms with Gasteiger partial charge in [-0.15, -0.1) is 0 Å². The molecule has 0 aliphatic carbocycles. The van der Waals surface area contributed by atoms with Crippen LogP contribution >= 0.6 is 0 Å². The topological polar surface area (TPSA) is 124 Å². The number of aromatic nitrogens is 4. The fourth-order valence-electron chi connectivity index (χ4n) is 3.20. The van der Waals surface area contributed by atoms with Crippen LogP contribution in [0.25, 0.3) is 11.2 Å². The third-order valence-corrected chi connectivity index (χ3v) is 6.15. The highest BCUT2D eigenvalue weighted by atomic mass is 32.2. The highest BCUT2D eigenvalue weighted by molar-refractivity contribution is 7.92. The van der Waals surface area contributed by atoms with Gasteiger partial charge in [0.25, 0.3) is 5.56 Å². The van der Waals surface area contributed by atoms with E-state index < -0.39 is 37.8 Å². The van der Waals surface area contributed by atoms with Gasteiger partial charge in [0.15, 0.2) is 16.9 Å². The number of nitrogens with zero attached hydrogens (tertiary/aromatic N) is 3. The molecule has 0 fully saturated rings. The predicted octanol–water partition coefficient (Wildman–Crippen LogP) is 1.67. The molecule has 2 heterocycles. The van der Waals surface area contributed by atoms with Crippen molar-refractivity contribution >= 4 is 26.8 Å². The van der Waals surface area contributed by atoms with Crippen molar-refractivity contribution in [3.63, 3.8) is 0 Å². The van der Waals surface area contributed by atoms with Crippen LogP contribution in [0.15, 0.2) is 39.0 Å². The van der Waals surface area contributed by atoms with E-state index in [1.807, 2.05) is 20.8 Å². The van der Waals surface area contributed by atoms with E-state index in [0.717, 1.165) is 10.1 Å². The number of benzene rings is 1. The molecule has 0 bridgehead atoms. The molecule has 10 heteroatoms. The molecular weight excluding hydrogens is 408 g/mol. The third kappa shape index (κ3) is 4.00. The molecule has 9 nitrogen and oxygen atoms in total. The Morgan fingerprint density at radius 1 is 1.03 bits per heavy atom. The fourth-order valence-corrected chi connectivity index (χ4v) is 4.33. The lowest BCUT2D eigenvalue weighted by Gasteiger charge is -2.09. The maximum absolute atomic E-state index is 12.8. The molecule has 30 heavy (non-hydrogen) atoms. The first-order valence-electron chi connectivity index (χ1n) is 9.75. The highest BCUT2D eigenvalue weighted by Gasteiger charge is 2.26. The van der Waals surface area contributed by atoms with Crippen molar-refractivity contribution in [3.05, 3.63) is 56.2 Å². The molecule has 0 saturated heterocycles. The number of H-pyrrole nitrogens is 1. The second kappa shape index (κ2) is 8.39. The third-order valence-electron chi connectivity index (χ3n) is 4.72. The minimum Gasteiger partial charge on any atom is -0.323 e. The van der Waals surface area contributed by atoms with Gasteiger partial charge in [0.05, 0.1) is 0 Å². The lowest BCUT2D eigenvalue weighted by molar-refractivity contribution is 0.102. The van der Waals surface area contributed by atoms with E-state index in [-0.39, 0.29) is 29.8 Å². The van der Waals surface area contributed by atoms with Gasteiger partial charge in [0, 0.05) is 18.7 Å². The number of ketones is 1. The van der Waals surface area contributed by atoms with Crippen molar-refractivity contribution in [2.45, 2.75) is 51.9 Å². The molecule has 0 aliphatic heterocycles. The van der Waals surface area contributed by atoms with Crippen molar-refractivity contribution in [2.24, 2.45) is 0 Å². The highest BCUT2D eigenvalue weighted by Crippen LogP contribution is 2.14. The first kappa shape index (κ1) is 21.7. The Morgan fingerprint density at radius 3 is 2.23 bits per heavy atom. The van der Waals surface area contributed by atoms with E-state index in [1.54, 1.807) is 24.3 Å². The molecule has 160 valence electrons. The zero-order chi connectivity index (χ0) is 22.1. The van der Waals surface area contributed by atoms with Crippen LogP contribution in [-0.2, 0) is 22.9 Å². The molecule has 0 saturated carbocycles. The molecule has 0 radical (unpaired) electrons. The lowest BCUT2D eigenvalue weighted by atomic mass is 10.1. The number of hydrogen-bond donors (Lipinski definition) is 1. The molecule has 0 unspecified atom stereocenters. The summed E-state index contributed by atoms with van der Waals surface area (Å²) in [5.74, 6) is -1.37. The van der Waals surface area contributed by atoms with E-state index in [9.17, 15) is 22.8 Å². The number of fused-ring (bicyclic) bond motifs is 1. The predicted molar refractivity (Wildman–Crippen MR) is 113 cm³/mol. The second-order valence-electron chi connectivity index (χ2n) is 7.18. The first-order chi connectivity index (χ1) is 14.2. The van der Waals surface area contributed by atoms with Gasteiger partial charge in [-0.25, -0.2) is 13.2 Å². The Kier molecular flexibility index (Phi) is 6.06. The van der Waals surface area contributed by atoms with Crippen molar-refractivity contribution in [1.82, 2.24) is 19.1 Å². The molecule has 1 aromatic carbocycles. The van der Waals surface area contributed by atoms with Crippen LogP contribution in [-0.4, -0.2) is 39.1 Å². The van der Waals surface area contributed by atoms with Gasteiger partial charge in [0.2, 0.25) is 15.0 Å². The first-order valence-corrected chi connectivity index (χ1v) is 11.4. The smallest absolute Gasteiger partial charge is 0.323 e. The number of carbonyl (C=O) groups is 1. The summed E-state index contributed by atoms with van der Waals surface area (Å²) in [4.78, 5) is 44.5. The van der Waals surface area contributed by atoms with Crippen LogP contribution in [0.1, 0.15) is 42.6 Å². The molecule has 0 amide bonds. The Bertz CT molecular complexity index is 1310. The van der Waals surface area contributed by atoms with Crippen molar-refractivity contribution < 1.29 is 13.2 Å². The molecule has 1 N–H and O–H groups in total. The lowest BCUT2D eigenvalue weighted by Crippen LogP contribution is -2.40. The Labute approximate surface area is 173 Å². The number of Topliss-reactive ketones (excluding diaryl/α,β-unsaturated/α-hetero) is 1. The Balaban J connectivity index is 2.09. The molecule has 3 aromatic rings. The average Bonchev–Trinajstić information content (AvgIpc) is 3.15. The summed E-state index contributed by atoms with van der Waals surface area (Å²) in [6.07, 6.45) is 1.16. The minimum atomic E-state index is -4.15. The zero-order valence-corrected chi connectivity index (χ0v) is 18.0. The summed E-state index contributed by atoms with van der Waals surface area (Å²) in [6.45, 7) is 6.05. The van der Waals surface area contributed by atoms with Gasteiger partial charge in [-0.1, -0.05) is 43.7 Å². The standard InChI is InChI=1S/C20H24N4O5S/c1-4-10-23-17-16(18(26)24(11-5-2)20(23)27)21-19(22-17)30(28,29)12-15(25)14-8-6-13(3)7-9-14/h6-9H,4-5,10-12H2,1-3H3,(H,21,22). The van der Waals surface area contributed by atoms with Crippen LogP contribution in [0.4, 0.5) is 0 Å². The average molecular weight is 433 g/mol. The Morgan fingerprint density at radius 2 is 1.63 bits per heavy atom. The number of carbonyl (C=O) groups excluding carboxylic acids is 1. The number of rotatable bonds is 8. The largest absolute Gasteiger partial charge is 0.332 e. The fraction of sp³-hybridized carbons (Fsp3) is 0.400. The summed E-state index contributed by atoms with van der Waals surface area (Å²) in [6, 6.07) is 6.57. The number of aryl methyl sites for hydroxylation is 2. The SMILES string of the molecule is CCCn1c(=O)c2[nH]c(S(=O)(=O)CC(=O)c3ccc(C)cc3)nc2n(CCC)c1=O. The minimum absolute atomic E-state index is 0.0134. The van der Waals surface area contributed by atoms with E-state index in [0.29, 0.717) is 12.8 Å². The van der Waals surface area contributed by atoms with Crippen molar-refractivity contribution in [3.8, 4) is 0 Å². The van der Waals surface area contributed by atoms with Crippen LogP contribution in [0.2, 0.25) is 0 Å². The summed E-state index contributed by atoms with van der Waals surface area (Å²) in [7, 11) is -4.15. The normalized spacial score (nSPS) is 11.8. The molecule has 2 aromatic heterocycles. The quantitative estimate of drug-likeness (QED) is 0.540. The van der Waals surface area contributed by atoms with Gasteiger partial charge in [-0.3, -0.25) is 18.7 Å². The summed E-state index contributed by atoms with van der Waals surface area (Å²) in [5, 5.41) is -0.492. The van der Waals surface area contributed by atoms with Gasteiger partial charge in [0.1, 0.15) is 5.75 Å². The van der Waals surface area contributed by atoms with Crippen LogP contribution in [0.3, 0.4) is 0 Å². The monoisotopic (exact) mass is 432 g/mol. The maximum atomic E-state index is 12.8. The van der Waals surface area contributed by atoms with Gasteiger partial charge >= 0.3 is 5.69 Å². The van der Waals surface area contributed by atoms with E-state index >= 15 is 0 Å².